The summed E-state index contributed by atoms with van der Waals surface area (Å²) in [5, 5.41) is 14.2. The number of nitro groups is 1. The van der Waals surface area contributed by atoms with Crippen LogP contribution in [0.5, 0.6) is 0 Å². The summed E-state index contributed by atoms with van der Waals surface area (Å²) < 4.78 is 71.2. The molecule has 1 aromatic heterocycles. The molecule has 3 aliphatic rings. The van der Waals surface area contributed by atoms with Crippen molar-refractivity contribution < 1.29 is 60.8 Å². The van der Waals surface area contributed by atoms with Gasteiger partial charge in [0.1, 0.15) is 18.0 Å². The van der Waals surface area contributed by atoms with Gasteiger partial charge in [-0.15, -0.1) is 0 Å². The van der Waals surface area contributed by atoms with Crippen molar-refractivity contribution in [2.45, 2.75) is 76.1 Å². The van der Waals surface area contributed by atoms with Crippen molar-refractivity contribution in [1.29, 1.82) is 0 Å². The average molecular weight is 1020 g/mol. The first kappa shape index (κ1) is 55.2. The van der Waals surface area contributed by atoms with Crippen LogP contribution in [0.15, 0.2) is 59.6 Å². The fraction of sp³-hybridized carbons (Fsp3) is 0.625. The predicted molar refractivity (Wildman–Crippen MR) is 261 cm³/mol. The van der Waals surface area contributed by atoms with Crippen molar-refractivity contribution in [3.8, 4) is 0 Å². The number of nitro benzene ring substituents is 1. The Morgan fingerprint density at radius 1 is 0.817 bits per heavy atom. The number of nitrogens with one attached hydrogen (secondary N) is 2. The van der Waals surface area contributed by atoms with Gasteiger partial charge in [0.25, 0.3) is 5.69 Å². The third-order valence-electron chi connectivity index (χ3n) is 11.7. The van der Waals surface area contributed by atoms with Crippen molar-refractivity contribution in [1.82, 2.24) is 24.5 Å². The topological polar surface area (TPSA) is 245 Å². The molecule has 1 aliphatic carbocycles. The highest BCUT2D eigenvalue weighted by Crippen LogP contribution is 2.41. The number of anilines is 2. The molecule has 1 saturated heterocycles. The zero-order chi connectivity index (χ0) is 50.6. The Labute approximate surface area is 416 Å². The second-order valence-electron chi connectivity index (χ2n) is 18.3. The van der Waals surface area contributed by atoms with Gasteiger partial charge in [-0.05, 0) is 63.3 Å². The maximum Gasteiger partial charge on any atom is 0.415 e. The summed E-state index contributed by atoms with van der Waals surface area (Å²) in [6.45, 7) is 14.9. The molecule has 2 aliphatic heterocycles. The molecule has 6 rings (SSSR count). The number of aromatic nitrogens is 2. The van der Waals surface area contributed by atoms with Crippen molar-refractivity contribution in [3.05, 3.63) is 81.5 Å². The molecule has 1 saturated carbocycles. The quantitative estimate of drug-likeness (QED) is 0.0460. The fourth-order valence-electron chi connectivity index (χ4n) is 7.73. The molecule has 22 nitrogen and oxygen atoms in total. The monoisotopic (exact) mass is 1010 g/mol. The largest absolute Gasteiger partial charge is 0.444 e. The molecule has 2 fully saturated rings. The highest BCUT2D eigenvalue weighted by molar-refractivity contribution is 7.89. The van der Waals surface area contributed by atoms with Gasteiger partial charge in [0.2, 0.25) is 16.0 Å². The van der Waals surface area contributed by atoms with E-state index in [1.807, 2.05) is 25.7 Å². The fourth-order valence-corrected chi connectivity index (χ4v) is 8.74. The van der Waals surface area contributed by atoms with Crippen LogP contribution in [0.2, 0.25) is 0 Å². The number of sulfonamides is 1. The second kappa shape index (κ2) is 27.6. The third-order valence-corrected chi connectivity index (χ3v) is 13.2. The first-order valence-corrected chi connectivity index (χ1v) is 25.7. The minimum absolute atomic E-state index is 0.0361. The van der Waals surface area contributed by atoms with E-state index >= 15 is 0 Å². The number of piperazine rings is 1. The van der Waals surface area contributed by atoms with E-state index in [-0.39, 0.29) is 68.3 Å². The summed E-state index contributed by atoms with van der Waals surface area (Å²) in [7, 11) is -3.80. The van der Waals surface area contributed by atoms with Crippen molar-refractivity contribution >= 4 is 39.7 Å². The van der Waals surface area contributed by atoms with Gasteiger partial charge < -0.3 is 48.1 Å². The Kier molecular flexibility index (Phi) is 21.5. The van der Waals surface area contributed by atoms with Gasteiger partial charge in [-0.25, -0.2) is 27.7 Å². The number of cyclic esters (lactones) is 1. The summed E-state index contributed by atoms with van der Waals surface area (Å²) in [6.07, 6.45) is 4.58. The lowest BCUT2D eigenvalue weighted by Gasteiger charge is -2.40. The van der Waals surface area contributed by atoms with Crippen LogP contribution in [0, 0.1) is 16.0 Å². The van der Waals surface area contributed by atoms with Gasteiger partial charge in [-0.1, -0.05) is 37.1 Å². The van der Waals surface area contributed by atoms with Gasteiger partial charge in [-0.3, -0.25) is 19.9 Å². The molecular formula is C48H70N8O14S. The Morgan fingerprint density at radius 3 is 1.92 bits per heavy atom. The number of rotatable bonds is 31. The lowest BCUT2D eigenvalue weighted by molar-refractivity contribution is -0.384. The molecule has 0 unspecified atom stereocenters. The van der Waals surface area contributed by atoms with Crippen LogP contribution in [0.4, 0.5) is 27.0 Å². The molecule has 23 heteroatoms. The Hall–Kier alpha value is -5.11. The van der Waals surface area contributed by atoms with Crippen LogP contribution in [-0.4, -0.2) is 169 Å². The highest BCUT2D eigenvalue weighted by Gasteiger charge is 2.34. The van der Waals surface area contributed by atoms with E-state index in [0.29, 0.717) is 89.9 Å². The smallest absolute Gasteiger partial charge is 0.415 e. The summed E-state index contributed by atoms with van der Waals surface area (Å²) in [5.74, 6) is 1.62. The molecular weight excluding hydrogens is 945 g/mol. The van der Waals surface area contributed by atoms with Gasteiger partial charge >= 0.3 is 12.2 Å². The minimum Gasteiger partial charge on any atom is -0.444 e. The summed E-state index contributed by atoms with van der Waals surface area (Å²) in [4.78, 5) is 50.7. The third kappa shape index (κ3) is 18.5. The van der Waals surface area contributed by atoms with E-state index in [2.05, 4.69) is 51.1 Å². The summed E-state index contributed by atoms with van der Waals surface area (Å²) >= 11 is 0. The zero-order valence-electron chi connectivity index (χ0n) is 41.3. The number of carbonyl (C=O) groups excluding carboxylic acids is 2. The lowest BCUT2D eigenvalue weighted by Crippen LogP contribution is -2.50. The molecule has 2 N–H and O–H groups in total. The molecule has 71 heavy (non-hydrogen) atoms. The van der Waals surface area contributed by atoms with E-state index in [0.717, 1.165) is 43.1 Å². The van der Waals surface area contributed by atoms with E-state index < -0.39 is 26.6 Å². The first-order chi connectivity index (χ1) is 34.2. The van der Waals surface area contributed by atoms with Crippen molar-refractivity contribution in [2.75, 3.05) is 129 Å². The number of hydrogen-bond donors (Lipinski definition) is 2. The summed E-state index contributed by atoms with van der Waals surface area (Å²) in [5.41, 5.74) is 2.35. The standard InChI is InChI=1S/C48H70N8O14S/c1-36(38-7-9-39(10-8-38)43(33-37-5-6-37)53-16-18-54(19-17-53)46(57)70-48(2,3)4)51-45-49-34-40-35-69-47(58)55(44(40)52-45)20-22-64-24-26-66-28-30-68-32-31-67-29-27-65-25-23-63-21-15-50-71(61,62)42-13-11-41(12-14-42)56(59)60/h7-14,34,36-37,43,50H,5-6,15-33,35H2,1-4H3,(H,49,51,52)/t36-,43-/m0/s1. The molecule has 2 aromatic carbocycles. The number of hydrogen-bond acceptors (Lipinski definition) is 18. The normalized spacial score (nSPS) is 16.3. The minimum atomic E-state index is -3.80. The maximum atomic E-state index is 12.8. The molecule has 2 amide bonds. The van der Waals surface area contributed by atoms with Crippen LogP contribution in [0.25, 0.3) is 0 Å². The number of ether oxygens (including phenoxy) is 8. The number of carbonyl (C=O) groups is 2. The van der Waals surface area contributed by atoms with Crippen LogP contribution in [-0.2, 0) is 54.5 Å². The molecule has 3 heterocycles. The highest BCUT2D eigenvalue weighted by atomic mass is 32.2. The zero-order valence-corrected chi connectivity index (χ0v) is 42.1. The second-order valence-corrected chi connectivity index (χ2v) is 20.1. The molecule has 3 aromatic rings. The number of fused-ring (bicyclic) bond motifs is 1. The van der Waals surface area contributed by atoms with Gasteiger partial charge in [0.05, 0.1) is 107 Å². The maximum absolute atomic E-state index is 12.8. The molecule has 0 bridgehead atoms. The van der Waals surface area contributed by atoms with E-state index in [4.69, 9.17) is 42.9 Å². The van der Waals surface area contributed by atoms with Gasteiger partial charge in [-0.2, -0.15) is 4.98 Å². The predicted octanol–water partition coefficient (Wildman–Crippen LogP) is 5.49. The van der Waals surface area contributed by atoms with Crippen molar-refractivity contribution in [3.63, 3.8) is 0 Å². The number of non-ortho nitro benzene ring substituents is 1. The molecule has 392 valence electrons. The van der Waals surface area contributed by atoms with Crippen LogP contribution in [0.1, 0.15) is 75.7 Å². The van der Waals surface area contributed by atoms with E-state index in [1.54, 1.807) is 6.20 Å². The molecule has 2 atom stereocenters. The van der Waals surface area contributed by atoms with Crippen LogP contribution in [0.3, 0.4) is 0 Å². The van der Waals surface area contributed by atoms with Crippen LogP contribution >= 0.6 is 0 Å². The van der Waals surface area contributed by atoms with Crippen molar-refractivity contribution in [2.24, 2.45) is 5.92 Å². The summed E-state index contributed by atoms with van der Waals surface area (Å²) in [6, 6.07) is 13.5. The lowest BCUT2D eigenvalue weighted by atomic mass is 9.96. The SMILES string of the molecule is C[C@H](Nc1ncc2c(n1)N(CCOCCOCCOCCOCCOCCOCCNS(=O)(=O)c1ccc([N+](=O)[O-])cc1)C(=O)OC2)c1ccc([C@H](CC2CC2)N2CCN(C(=O)OC(C)(C)C)CC2)cc1. The first-order valence-electron chi connectivity index (χ1n) is 24.3. The molecule has 0 spiro atoms. The molecule has 0 radical (unpaired) electrons. The Morgan fingerprint density at radius 2 is 1.37 bits per heavy atom. The van der Waals surface area contributed by atoms with E-state index in [1.165, 1.54) is 35.4 Å². The Bertz CT molecular complexity index is 2240. The number of benzene rings is 2. The van der Waals surface area contributed by atoms with Gasteiger partial charge in [0.15, 0.2) is 0 Å². The van der Waals surface area contributed by atoms with Gasteiger partial charge in [0, 0.05) is 57.1 Å². The number of amides is 2. The number of nitrogens with zero attached hydrogens (tertiary/aromatic N) is 6. The average Bonchev–Trinajstić information content (AvgIpc) is 4.18. The van der Waals surface area contributed by atoms with E-state index in [9.17, 15) is 28.1 Å². The Balaban J connectivity index is 0.788. The van der Waals surface area contributed by atoms with Crippen LogP contribution < -0.4 is 14.9 Å².